The summed E-state index contributed by atoms with van der Waals surface area (Å²) in [6.07, 6.45) is 0. The van der Waals surface area contributed by atoms with Crippen LogP contribution in [0.15, 0.2) is 24.3 Å². The predicted molar refractivity (Wildman–Crippen MR) is 82.7 cm³/mol. The number of ether oxygens (including phenoxy) is 2. The Hall–Kier alpha value is -2.81. The molecule has 9 heteroatoms. The summed E-state index contributed by atoms with van der Waals surface area (Å²) < 4.78 is 24.2. The first-order chi connectivity index (χ1) is 11.1. The molecule has 0 fully saturated rings. The Labute approximate surface area is 134 Å². The molecule has 1 amide bonds. The average Bonchev–Trinajstić information content (AvgIpc) is 2.98. The summed E-state index contributed by atoms with van der Waals surface area (Å²) in [5.74, 6) is -0.773. The summed E-state index contributed by atoms with van der Waals surface area (Å²) in [4.78, 5) is 24.2. The van der Waals surface area contributed by atoms with Gasteiger partial charge in [0.15, 0.2) is 5.13 Å². The highest BCUT2D eigenvalue weighted by Gasteiger charge is 2.15. The maximum absolute atomic E-state index is 13.6. The van der Waals surface area contributed by atoms with Crippen molar-refractivity contribution in [1.29, 1.82) is 0 Å². The molecule has 23 heavy (non-hydrogen) atoms. The third-order valence-electron chi connectivity index (χ3n) is 2.90. The lowest BCUT2D eigenvalue weighted by molar-refractivity contribution is 0.102. The van der Waals surface area contributed by atoms with E-state index in [2.05, 4.69) is 20.3 Å². The van der Waals surface area contributed by atoms with E-state index in [0.717, 1.165) is 0 Å². The number of carbonyl (C=O) groups excluding carboxylic acids is 1. The van der Waals surface area contributed by atoms with Crippen molar-refractivity contribution < 1.29 is 18.7 Å². The Kier molecular flexibility index (Phi) is 4.02. The van der Waals surface area contributed by atoms with Gasteiger partial charge < -0.3 is 9.47 Å². The number of para-hydroxylation sites is 1. The number of halogens is 1. The molecule has 0 aliphatic carbocycles. The third-order valence-corrected chi connectivity index (χ3v) is 3.83. The van der Waals surface area contributed by atoms with Gasteiger partial charge in [-0.3, -0.25) is 10.1 Å². The van der Waals surface area contributed by atoms with Crippen molar-refractivity contribution >= 4 is 32.6 Å². The summed E-state index contributed by atoms with van der Waals surface area (Å²) in [6.45, 7) is 0. The molecule has 0 bridgehead atoms. The van der Waals surface area contributed by atoms with Gasteiger partial charge in [0.1, 0.15) is 17.0 Å². The topological polar surface area (TPSA) is 86.2 Å². The highest BCUT2D eigenvalue weighted by Crippen LogP contribution is 2.28. The van der Waals surface area contributed by atoms with E-state index in [-0.39, 0.29) is 28.2 Å². The number of methoxy groups -OCH3 is 2. The van der Waals surface area contributed by atoms with E-state index in [9.17, 15) is 9.18 Å². The van der Waals surface area contributed by atoms with Crippen molar-refractivity contribution in [2.24, 2.45) is 0 Å². The first-order valence-electron chi connectivity index (χ1n) is 6.44. The van der Waals surface area contributed by atoms with Crippen LogP contribution in [-0.2, 0) is 0 Å². The van der Waals surface area contributed by atoms with Crippen molar-refractivity contribution in [1.82, 2.24) is 15.0 Å². The number of nitrogens with one attached hydrogen (secondary N) is 1. The van der Waals surface area contributed by atoms with Gasteiger partial charge >= 0.3 is 6.01 Å². The van der Waals surface area contributed by atoms with E-state index < -0.39 is 11.7 Å². The second kappa shape index (κ2) is 6.13. The van der Waals surface area contributed by atoms with E-state index in [1.54, 1.807) is 12.1 Å². The van der Waals surface area contributed by atoms with Crippen molar-refractivity contribution in [2.75, 3.05) is 19.5 Å². The van der Waals surface area contributed by atoms with Crippen LogP contribution in [0.25, 0.3) is 10.2 Å². The van der Waals surface area contributed by atoms with Gasteiger partial charge in [-0.05, 0) is 12.1 Å². The highest BCUT2D eigenvalue weighted by molar-refractivity contribution is 7.22. The fraction of sp³-hybridized carbons (Fsp3) is 0.143. The molecule has 2 aromatic heterocycles. The summed E-state index contributed by atoms with van der Waals surface area (Å²) in [6, 6.07) is 5.99. The van der Waals surface area contributed by atoms with Crippen molar-refractivity contribution in [3.05, 3.63) is 35.8 Å². The molecule has 0 aliphatic rings. The summed E-state index contributed by atoms with van der Waals surface area (Å²) >= 11 is 1.17. The third kappa shape index (κ3) is 3.04. The van der Waals surface area contributed by atoms with Crippen LogP contribution in [0, 0.1) is 5.82 Å². The van der Waals surface area contributed by atoms with E-state index in [4.69, 9.17) is 9.47 Å². The number of carbonyl (C=O) groups is 1. The smallest absolute Gasteiger partial charge is 0.320 e. The minimum absolute atomic E-state index is 0.00449. The number of benzene rings is 1. The van der Waals surface area contributed by atoms with Gasteiger partial charge in [-0.1, -0.05) is 17.4 Å². The lowest BCUT2D eigenvalue weighted by Crippen LogP contribution is -2.14. The van der Waals surface area contributed by atoms with Gasteiger partial charge in [-0.15, -0.1) is 0 Å². The molecule has 0 aliphatic heterocycles. The number of anilines is 1. The van der Waals surface area contributed by atoms with Crippen LogP contribution in [0.4, 0.5) is 9.52 Å². The summed E-state index contributed by atoms with van der Waals surface area (Å²) in [5.41, 5.74) is 0.263. The van der Waals surface area contributed by atoms with Gasteiger partial charge in [0.2, 0.25) is 5.88 Å². The van der Waals surface area contributed by atoms with Gasteiger partial charge in [-0.2, -0.15) is 9.97 Å². The minimum atomic E-state index is -0.525. The maximum Gasteiger partial charge on any atom is 0.320 e. The number of hydrogen-bond acceptors (Lipinski definition) is 7. The van der Waals surface area contributed by atoms with Crippen LogP contribution in [0.3, 0.4) is 0 Å². The first-order valence-corrected chi connectivity index (χ1v) is 7.26. The molecule has 3 aromatic rings. The van der Waals surface area contributed by atoms with E-state index in [0.29, 0.717) is 4.70 Å². The van der Waals surface area contributed by atoms with Gasteiger partial charge in [0.25, 0.3) is 5.91 Å². The predicted octanol–water partition coefficient (Wildman–Crippen LogP) is 2.49. The number of nitrogens with zero attached hydrogens (tertiary/aromatic N) is 3. The zero-order valence-electron chi connectivity index (χ0n) is 12.2. The standard InChI is InChI=1S/C14H11FN4O3S/c1-21-10-6-8(16-13(17-10)22-2)12(20)19-14-18-11-7(15)4-3-5-9(11)23-14/h3-6H,1-2H3,(H,18,19,20). The quantitative estimate of drug-likeness (QED) is 0.789. The van der Waals surface area contributed by atoms with Crippen LogP contribution in [0.5, 0.6) is 11.9 Å². The monoisotopic (exact) mass is 334 g/mol. The van der Waals surface area contributed by atoms with Gasteiger partial charge in [0.05, 0.1) is 18.9 Å². The number of fused-ring (bicyclic) bond motifs is 1. The molecular weight excluding hydrogens is 323 g/mol. The van der Waals surface area contributed by atoms with Gasteiger partial charge in [0, 0.05) is 6.07 Å². The Morgan fingerprint density at radius 3 is 2.74 bits per heavy atom. The van der Waals surface area contributed by atoms with E-state index in [1.165, 1.54) is 37.7 Å². The first kappa shape index (κ1) is 15.1. The Balaban J connectivity index is 1.89. The fourth-order valence-corrected chi connectivity index (χ4v) is 2.72. The van der Waals surface area contributed by atoms with Crippen LogP contribution in [0.2, 0.25) is 0 Å². The molecule has 7 nitrogen and oxygen atoms in total. The Bertz CT molecular complexity index is 861. The lowest BCUT2D eigenvalue weighted by atomic mass is 10.3. The average molecular weight is 334 g/mol. The van der Waals surface area contributed by atoms with Crippen LogP contribution in [-0.4, -0.2) is 35.1 Å². The molecule has 0 spiro atoms. The fourth-order valence-electron chi connectivity index (χ4n) is 1.85. The highest BCUT2D eigenvalue weighted by atomic mass is 32.1. The SMILES string of the molecule is COc1cc(C(=O)Nc2nc3c(F)cccc3s2)nc(OC)n1. The molecule has 1 N–H and O–H groups in total. The summed E-state index contributed by atoms with van der Waals surface area (Å²) in [7, 11) is 2.80. The van der Waals surface area contributed by atoms with Crippen molar-refractivity contribution in [3.63, 3.8) is 0 Å². The van der Waals surface area contributed by atoms with Crippen LogP contribution < -0.4 is 14.8 Å². The van der Waals surface area contributed by atoms with Crippen LogP contribution >= 0.6 is 11.3 Å². The minimum Gasteiger partial charge on any atom is -0.481 e. The molecule has 118 valence electrons. The number of aromatic nitrogens is 3. The zero-order chi connectivity index (χ0) is 16.4. The molecule has 2 heterocycles. The maximum atomic E-state index is 13.6. The van der Waals surface area contributed by atoms with Crippen LogP contribution in [0.1, 0.15) is 10.5 Å². The Morgan fingerprint density at radius 1 is 1.22 bits per heavy atom. The number of rotatable bonds is 4. The summed E-state index contributed by atoms with van der Waals surface area (Å²) in [5, 5.41) is 2.85. The number of amides is 1. The van der Waals surface area contributed by atoms with E-state index in [1.807, 2.05) is 0 Å². The van der Waals surface area contributed by atoms with E-state index >= 15 is 0 Å². The van der Waals surface area contributed by atoms with Crippen molar-refractivity contribution in [2.45, 2.75) is 0 Å². The molecule has 0 atom stereocenters. The normalized spacial score (nSPS) is 10.6. The molecular formula is C14H11FN4O3S. The lowest BCUT2D eigenvalue weighted by Gasteiger charge is -2.05. The number of thiazole rings is 1. The molecule has 0 radical (unpaired) electrons. The molecule has 1 aromatic carbocycles. The zero-order valence-corrected chi connectivity index (χ0v) is 13.0. The second-order valence-corrected chi connectivity index (χ2v) is 5.37. The molecule has 0 unspecified atom stereocenters. The molecule has 0 saturated heterocycles. The molecule has 0 saturated carbocycles. The number of hydrogen-bond donors (Lipinski definition) is 1. The second-order valence-electron chi connectivity index (χ2n) is 4.34. The largest absolute Gasteiger partial charge is 0.481 e. The van der Waals surface area contributed by atoms with Crippen molar-refractivity contribution in [3.8, 4) is 11.9 Å². The molecule has 3 rings (SSSR count). The van der Waals surface area contributed by atoms with Gasteiger partial charge in [-0.25, -0.2) is 9.37 Å². The Morgan fingerprint density at radius 2 is 2.04 bits per heavy atom.